The van der Waals surface area contributed by atoms with Gasteiger partial charge in [-0.2, -0.15) is 0 Å². The molecule has 3 aromatic carbocycles. The normalized spacial score (nSPS) is 12.1. The standard InChI is InChI=1S/C30H37N3O5S/c1-22(2)19-31-30(35)24(4)32(20-25-11-9-10-23(3)18-25)29(34)21-33(26-14-16-27(38-5)17-15-26)39(36,37)28-12-7-6-8-13-28/h6-18,22,24H,19-21H2,1-5H3,(H,31,35)/t24-/m1/s1. The van der Waals surface area contributed by atoms with Gasteiger partial charge in [0.25, 0.3) is 10.0 Å². The van der Waals surface area contributed by atoms with E-state index >= 15 is 0 Å². The van der Waals surface area contributed by atoms with Crippen molar-refractivity contribution in [3.63, 3.8) is 0 Å². The molecule has 0 saturated heterocycles. The van der Waals surface area contributed by atoms with Gasteiger partial charge in [-0.05, 0) is 61.7 Å². The Bertz CT molecular complexity index is 1360. The molecular weight excluding hydrogens is 514 g/mol. The minimum Gasteiger partial charge on any atom is -0.497 e. The molecule has 0 spiro atoms. The first-order valence-corrected chi connectivity index (χ1v) is 14.3. The fourth-order valence-corrected chi connectivity index (χ4v) is 5.47. The summed E-state index contributed by atoms with van der Waals surface area (Å²) in [4.78, 5) is 28.5. The molecule has 0 aromatic heterocycles. The summed E-state index contributed by atoms with van der Waals surface area (Å²) in [7, 11) is -2.59. The number of anilines is 1. The minimum absolute atomic E-state index is 0.0570. The molecule has 9 heteroatoms. The van der Waals surface area contributed by atoms with Crippen LogP contribution in [-0.2, 0) is 26.2 Å². The molecule has 39 heavy (non-hydrogen) atoms. The van der Waals surface area contributed by atoms with Gasteiger partial charge in [0.15, 0.2) is 0 Å². The molecule has 0 radical (unpaired) electrons. The lowest BCUT2D eigenvalue weighted by Crippen LogP contribution is -2.51. The van der Waals surface area contributed by atoms with Crippen molar-refractivity contribution in [2.24, 2.45) is 5.92 Å². The molecule has 2 amide bonds. The first kappa shape index (κ1) is 29.7. The Morgan fingerprint density at radius 3 is 2.18 bits per heavy atom. The number of carbonyl (C=O) groups is 2. The van der Waals surface area contributed by atoms with Gasteiger partial charge >= 0.3 is 0 Å². The van der Waals surface area contributed by atoms with Gasteiger partial charge in [-0.15, -0.1) is 0 Å². The number of hydrogen-bond acceptors (Lipinski definition) is 5. The fraction of sp³-hybridized carbons (Fsp3) is 0.333. The van der Waals surface area contributed by atoms with Gasteiger partial charge in [-0.25, -0.2) is 8.42 Å². The van der Waals surface area contributed by atoms with Gasteiger partial charge in [-0.1, -0.05) is 61.9 Å². The Morgan fingerprint density at radius 1 is 0.923 bits per heavy atom. The number of aryl methyl sites for hydroxylation is 1. The first-order chi connectivity index (χ1) is 18.5. The predicted molar refractivity (Wildman–Crippen MR) is 153 cm³/mol. The van der Waals surface area contributed by atoms with Crippen LogP contribution >= 0.6 is 0 Å². The van der Waals surface area contributed by atoms with Gasteiger partial charge < -0.3 is 15.0 Å². The van der Waals surface area contributed by atoms with Crippen LogP contribution in [0.5, 0.6) is 5.75 Å². The van der Waals surface area contributed by atoms with E-state index in [2.05, 4.69) is 5.32 Å². The summed E-state index contributed by atoms with van der Waals surface area (Å²) < 4.78 is 33.8. The Labute approximate surface area is 231 Å². The van der Waals surface area contributed by atoms with E-state index in [1.807, 2.05) is 45.0 Å². The second-order valence-corrected chi connectivity index (χ2v) is 11.7. The lowest BCUT2D eigenvalue weighted by atomic mass is 10.1. The number of nitrogens with one attached hydrogen (secondary N) is 1. The molecule has 0 unspecified atom stereocenters. The van der Waals surface area contributed by atoms with E-state index in [1.54, 1.807) is 49.4 Å². The summed E-state index contributed by atoms with van der Waals surface area (Å²) in [6.45, 7) is 7.72. The lowest BCUT2D eigenvalue weighted by Gasteiger charge is -2.32. The van der Waals surface area contributed by atoms with E-state index < -0.39 is 28.5 Å². The summed E-state index contributed by atoms with van der Waals surface area (Å²) in [6, 6.07) is 21.3. The van der Waals surface area contributed by atoms with Crippen molar-refractivity contribution >= 4 is 27.5 Å². The molecule has 0 aliphatic rings. The van der Waals surface area contributed by atoms with Crippen LogP contribution in [0.15, 0.2) is 83.8 Å². The molecule has 0 fully saturated rings. The SMILES string of the molecule is COc1ccc(N(CC(=O)N(Cc2cccc(C)c2)[C@H](C)C(=O)NCC(C)C)S(=O)(=O)c2ccccc2)cc1. The summed E-state index contributed by atoms with van der Waals surface area (Å²) in [5.41, 5.74) is 2.16. The quantitative estimate of drug-likeness (QED) is 0.360. The van der Waals surface area contributed by atoms with Crippen LogP contribution in [0.4, 0.5) is 5.69 Å². The van der Waals surface area contributed by atoms with Gasteiger partial charge in [0, 0.05) is 13.1 Å². The molecule has 0 aliphatic heterocycles. The Kier molecular flexibility index (Phi) is 10.1. The van der Waals surface area contributed by atoms with Crippen LogP contribution in [0.3, 0.4) is 0 Å². The topological polar surface area (TPSA) is 96.0 Å². The zero-order valence-electron chi connectivity index (χ0n) is 23.1. The third-order valence-electron chi connectivity index (χ3n) is 6.26. The third kappa shape index (κ3) is 7.83. The maximum atomic E-state index is 13.9. The Morgan fingerprint density at radius 2 is 1.59 bits per heavy atom. The molecular formula is C30H37N3O5S. The summed E-state index contributed by atoms with van der Waals surface area (Å²) in [5, 5.41) is 2.89. The van der Waals surface area contributed by atoms with Crippen LogP contribution in [0.25, 0.3) is 0 Å². The number of methoxy groups -OCH3 is 1. The molecule has 208 valence electrons. The number of rotatable bonds is 12. The van der Waals surface area contributed by atoms with E-state index in [1.165, 1.54) is 24.1 Å². The van der Waals surface area contributed by atoms with Crippen LogP contribution in [0.2, 0.25) is 0 Å². The lowest BCUT2D eigenvalue weighted by molar-refractivity contribution is -0.139. The van der Waals surface area contributed by atoms with Gasteiger partial charge in [-0.3, -0.25) is 13.9 Å². The van der Waals surface area contributed by atoms with E-state index in [4.69, 9.17) is 4.74 Å². The van der Waals surface area contributed by atoms with Crippen LogP contribution in [-0.4, -0.2) is 51.4 Å². The van der Waals surface area contributed by atoms with Crippen LogP contribution < -0.4 is 14.4 Å². The van der Waals surface area contributed by atoms with E-state index in [0.29, 0.717) is 18.0 Å². The fourth-order valence-electron chi connectivity index (χ4n) is 4.04. The van der Waals surface area contributed by atoms with Crippen molar-refractivity contribution < 1.29 is 22.7 Å². The summed E-state index contributed by atoms with van der Waals surface area (Å²) >= 11 is 0. The molecule has 3 aromatic rings. The highest BCUT2D eigenvalue weighted by molar-refractivity contribution is 7.92. The van der Waals surface area contributed by atoms with Crippen LogP contribution in [0, 0.1) is 12.8 Å². The molecule has 0 bridgehead atoms. The number of benzene rings is 3. The zero-order chi connectivity index (χ0) is 28.6. The van der Waals surface area contributed by atoms with E-state index in [-0.39, 0.29) is 23.3 Å². The second-order valence-electron chi connectivity index (χ2n) is 9.85. The zero-order valence-corrected chi connectivity index (χ0v) is 23.9. The number of carbonyl (C=O) groups excluding carboxylic acids is 2. The minimum atomic E-state index is -4.10. The molecule has 1 atom stereocenters. The Hall–Kier alpha value is -3.85. The number of ether oxygens (including phenoxy) is 1. The number of amides is 2. The largest absolute Gasteiger partial charge is 0.497 e. The summed E-state index contributed by atoms with van der Waals surface area (Å²) in [6.07, 6.45) is 0. The molecule has 0 aliphatic carbocycles. The average molecular weight is 552 g/mol. The number of hydrogen-bond donors (Lipinski definition) is 1. The number of nitrogens with zero attached hydrogens (tertiary/aromatic N) is 2. The highest BCUT2D eigenvalue weighted by Crippen LogP contribution is 2.26. The summed E-state index contributed by atoms with van der Waals surface area (Å²) in [5.74, 6) is -0.00652. The smallest absolute Gasteiger partial charge is 0.264 e. The number of sulfonamides is 1. The van der Waals surface area contributed by atoms with Gasteiger partial charge in [0.2, 0.25) is 11.8 Å². The van der Waals surface area contributed by atoms with E-state index in [9.17, 15) is 18.0 Å². The van der Waals surface area contributed by atoms with Crippen molar-refractivity contribution in [2.45, 2.75) is 45.2 Å². The van der Waals surface area contributed by atoms with Crippen molar-refractivity contribution in [3.05, 3.63) is 90.0 Å². The van der Waals surface area contributed by atoms with Gasteiger partial charge in [0.1, 0.15) is 18.3 Å². The van der Waals surface area contributed by atoms with Crippen molar-refractivity contribution in [3.8, 4) is 5.75 Å². The average Bonchev–Trinajstić information content (AvgIpc) is 2.93. The van der Waals surface area contributed by atoms with Crippen molar-refractivity contribution in [2.75, 3.05) is 24.5 Å². The maximum Gasteiger partial charge on any atom is 0.264 e. The van der Waals surface area contributed by atoms with Crippen molar-refractivity contribution in [1.82, 2.24) is 10.2 Å². The molecule has 3 rings (SSSR count). The second kappa shape index (κ2) is 13.3. The third-order valence-corrected chi connectivity index (χ3v) is 8.05. The molecule has 0 heterocycles. The van der Waals surface area contributed by atoms with Gasteiger partial charge in [0.05, 0.1) is 17.7 Å². The molecule has 1 N–H and O–H groups in total. The first-order valence-electron chi connectivity index (χ1n) is 12.9. The highest BCUT2D eigenvalue weighted by Gasteiger charge is 2.32. The predicted octanol–water partition coefficient (Wildman–Crippen LogP) is 4.39. The molecule has 0 saturated carbocycles. The van der Waals surface area contributed by atoms with Crippen molar-refractivity contribution in [1.29, 1.82) is 0 Å². The highest BCUT2D eigenvalue weighted by atomic mass is 32.2. The Balaban J connectivity index is 2.00. The van der Waals surface area contributed by atoms with E-state index in [0.717, 1.165) is 15.4 Å². The van der Waals surface area contributed by atoms with Crippen LogP contribution in [0.1, 0.15) is 31.9 Å². The molecule has 8 nitrogen and oxygen atoms in total. The maximum absolute atomic E-state index is 13.9. The monoisotopic (exact) mass is 551 g/mol.